The molecule has 3 aromatic rings. The van der Waals surface area contributed by atoms with Crippen molar-refractivity contribution in [2.45, 2.75) is 51.7 Å². The highest BCUT2D eigenvalue weighted by atomic mass is 19.3. The maximum atomic E-state index is 15.0. The van der Waals surface area contributed by atoms with Crippen LogP contribution in [0.2, 0.25) is 0 Å². The fourth-order valence-corrected chi connectivity index (χ4v) is 4.01. The summed E-state index contributed by atoms with van der Waals surface area (Å²) in [5.41, 5.74) is 0.0715. The highest BCUT2D eigenvalue weighted by molar-refractivity contribution is 5.95. The van der Waals surface area contributed by atoms with E-state index in [2.05, 4.69) is 5.32 Å². The summed E-state index contributed by atoms with van der Waals surface area (Å²) in [5.74, 6) is -3.86. The molecule has 1 fully saturated rings. The molecular formula is C26H27F3N2O5. The van der Waals surface area contributed by atoms with Gasteiger partial charge in [-0.3, -0.25) is 4.79 Å². The van der Waals surface area contributed by atoms with Crippen LogP contribution in [0.5, 0.6) is 5.75 Å². The Bertz CT molecular complexity index is 1300. The van der Waals surface area contributed by atoms with Crippen LogP contribution in [0.4, 0.5) is 18.0 Å². The largest absolute Gasteiger partial charge is 0.504 e. The molecule has 1 aromatic heterocycles. The van der Waals surface area contributed by atoms with Crippen molar-refractivity contribution in [1.29, 1.82) is 0 Å². The number of piperidine rings is 1. The summed E-state index contributed by atoms with van der Waals surface area (Å²) in [6.07, 6.45) is -1.46. The average molecular weight is 505 g/mol. The third-order valence-electron chi connectivity index (χ3n) is 5.76. The first-order valence-corrected chi connectivity index (χ1v) is 11.5. The highest BCUT2D eigenvalue weighted by Crippen LogP contribution is 2.35. The fraction of sp³-hybridized carbons (Fsp3) is 0.385. The van der Waals surface area contributed by atoms with E-state index in [0.29, 0.717) is 16.7 Å². The van der Waals surface area contributed by atoms with Crippen molar-refractivity contribution in [3.63, 3.8) is 0 Å². The van der Waals surface area contributed by atoms with Crippen LogP contribution in [-0.2, 0) is 11.3 Å². The van der Waals surface area contributed by atoms with E-state index in [1.54, 1.807) is 32.9 Å². The van der Waals surface area contributed by atoms with Crippen LogP contribution in [0.1, 0.15) is 49.7 Å². The molecule has 2 heterocycles. The van der Waals surface area contributed by atoms with Crippen LogP contribution in [0.15, 0.2) is 40.8 Å². The minimum Gasteiger partial charge on any atom is -0.504 e. The average Bonchev–Trinajstić information content (AvgIpc) is 3.20. The number of carbonyl (C=O) groups is 2. The lowest BCUT2D eigenvalue weighted by molar-refractivity contribution is -0.0494. The Morgan fingerprint density at radius 2 is 1.83 bits per heavy atom. The zero-order valence-corrected chi connectivity index (χ0v) is 20.2. The third-order valence-corrected chi connectivity index (χ3v) is 5.76. The molecule has 2 N–H and O–H groups in total. The Kier molecular flexibility index (Phi) is 6.64. The maximum absolute atomic E-state index is 15.0. The molecule has 0 spiro atoms. The molecule has 0 atom stereocenters. The van der Waals surface area contributed by atoms with Crippen molar-refractivity contribution < 1.29 is 37.0 Å². The number of nitrogens with one attached hydrogen (secondary N) is 1. The number of carbonyl (C=O) groups excluding carboxylic acids is 2. The Balaban J connectivity index is 1.51. The smallest absolute Gasteiger partial charge is 0.408 e. The van der Waals surface area contributed by atoms with E-state index in [1.165, 1.54) is 23.1 Å². The van der Waals surface area contributed by atoms with Crippen molar-refractivity contribution in [2.75, 3.05) is 13.1 Å². The summed E-state index contributed by atoms with van der Waals surface area (Å²) in [4.78, 5) is 25.8. The second-order valence-corrected chi connectivity index (χ2v) is 9.82. The third kappa shape index (κ3) is 5.75. The van der Waals surface area contributed by atoms with Gasteiger partial charge < -0.3 is 24.5 Å². The Labute approximate surface area is 205 Å². The summed E-state index contributed by atoms with van der Waals surface area (Å²) in [7, 11) is 0. The van der Waals surface area contributed by atoms with Crippen LogP contribution < -0.4 is 5.32 Å². The minimum atomic E-state index is -2.79. The van der Waals surface area contributed by atoms with Crippen molar-refractivity contribution in [2.24, 2.45) is 0 Å². The van der Waals surface area contributed by atoms with Crippen molar-refractivity contribution in [3.05, 3.63) is 53.5 Å². The molecule has 7 nitrogen and oxygen atoms in total. The van der Waals surface area contributed by atoms with E-state index in [1.807, 2.05) is 0 Å². The number of benzene rings is 2. The molecule has 192 valence electrons. The molecule has 0 saturated carbocycles. The molecule has 1 aliphatic heterocycles. The van der Waals surface area contributed by atoms with E-state index in [0.717, 1.165) is 6.07 Å². The molecule has 36 heavy (non-hydrogen) atoms. The van der Waals surface area contributed by atoms with E-state index in [4.69, 9.17) is 9.15 Å². The predicted octanol–water partition coefficient (Wildman–Crippen LogP) is 5.84. The fourth-order valence-electron chi connectivity index (χ4n) is 4.01. The number of rotatable bonds is 4. The number of phenolic OH excluding ortho intramolecular Hbond substituents is 1. The second kappa shape index (κ2) is 9.40. The zero-order chi connectivity index (χ0) is 26.3. The maximum Gasteiger partial charge on any atom is 0.408 e. The van der Waals surface area contributed by atoms with Crippen LogP contribution in [0.25, 0.3) is 22.1 Å². The van der Waals surface area contributed by atoms with Crippen LogP contribution in [0, 0.1) is 5.82 Å². The number of hydrogen-bond acceptors (Lipinski definition) is 5. The van der Waals surface area contributed by atoms with Gasteiger partial charge >= 0.3 is 6.09 Å². The van der Waals surface area contributed by atoms with Crippen molar-refractivity contribution in [3.8, 4) is 16.9 Å². The number of amides is 2. The Morgan fingerprint density at radius 1 is 1.14 bits per heavy atom. The van der Waals surface area contributed by atoms with Gasteiger partial charge in [-0.25, -0.2) is 18.0 Å². The monoisotopic (exact) mass is 504 g/mol. The molecule has 0 bridgehead atoms. The molecule has 2 aromatic carbocycles. The van der Waals surface area contributed by atoms with Gasteiger partial charge in [-0.1, -0.05) is 6.07 Å². The van der Waals surface area contributed by atoms with Crippen molar-refractivity contribution >= 4 is 23.0 Å². The van der Waals surface area contributed by atoms with Gasteiger partial charge in [0.1, 0.15) is 17.2 Å². The summed E-state index contributed by atoms with van der Waals surface area (Å²) in [5, 5.41) is 13.5. The Morgan fingerprint density at radius 3 is 2.47 bits per heavy atom. The van der Waals surface area contributed by atoms with Gasteiger partial charge in [-0.2, -0.15) is 0 Å². The molecular weight excluding hydrogens is 477 g/mol. The van der Waals surface area contributed by atoms with E-state index in [9.17, 15) is 23.5 Å². The summed E-state index contributed by atoms with van der Waals surface area (Å²) in [6, 6.07) is 8.47. The number of nitrogens with zero attached hydrogens (tertiary/aromatic N) is 1. The minimum absolute atomic E-state index is 0.0198. The molecule has 0 aliphatic carbocycles. The number of phenols is 1. The molecule has 4 rings (SSSR count). The molecule has 10 heteroatoms. The van der Waals surface area contributed by atoms with E-state index >= 15 is 4.39 Å². The SMILES string of the molecule is CC(C)(C)OC(=O)NCc1cc2cc(-c3ccc(C(=O)N4CCC(F)(F)CC4)cc3F)cc(O)c2o1. The summed E-state index contributed by atoms with van der Waals surface area (Å²) >= 11 is 0. The molecule has 1 saturated heterocycles. The highest BCUT2D eigenvalue weighted by Gasteiger charge is 2.35. The number of aromatic hydroxyl groups is 1. The molecule has 0 unspecified atom stereocenters. The lowest BCUT2D eigenvalue weighted by Crippen LogP contribution is -2.42. The van der Waals surface area contributed by atoms with Gasteiger partial charge in [0.25, 0.3) is 11.8 Å². The zero-order valence-electron chi connectivity index (χ0n) is 20.2. The van der Waals surface area contributed by atoms with Crippen LogP contribution >= 0.6 is 0 Å². The number of furan rings is 1. The normalized spacial score (nSPS) is 15.7. The summed E-state index contributed by atoms with van der Waals surface area (Å²) < 4.78 is 52.6. The number of alkyl carbamates (subject to hydrolysis) is 1. The van der Waals surface area contributed by atoms with E-state index in [-0.39, 0.29) is 42.1 Å². The van der Waals surface area contributed by atoms with Gasteiger partial charge in [0.05, 0.1) is 6.54 Å². The number of fused-ring (bicyclic) bond motifs is 1. The van der Waals surface area contributed by atoms with Gasteiger partial charge in [-0.05, 0) is 56.7 Å². The number of alkyl halides is 2. The molecule has 1 aliphatic rings. The quantitative estimate of drug-likeness (QED) is 0.466. The van der Waals surface area contributed by atoms with Gasteiger partial charge in [0.2, 0.25) is 0 Å². The van der Waals surface area contributed by atoms with Crippen LogP contribution in [0.3, 0.4) is 0 Å². The first-order chi connectivity index (χ1) is 16.8. The summed E-state index contributed by atoms with van der Waals surface area (Å²) in [6.45, 7) is 5.06. The lowest BCUT2D eigenvalue weighted by atomic mass is 10.00. The van der Waals surface area contributed by atoms with E-state index < -0.39 is 42.2 Å². The number of hydrogen-bond donors (Lipinski definition) is 2. The number of likely N-dealkylation sites (tertiary alicyclic amines) is 1. The van der Waals surface area contributed by atoms with Crippen molar-refractivity contribution in [1.82, 2.24) is 10.2 Å². The first-order valence-electron chi connectivity index (χ1n) is 11.5. The van der Waals surface area contributed by atoms with Gasteiger partial charge in [0.15, 0.2) is 11.3 Å². The Hall–Kier alpha value is -3.69. The topological polar surface area (TPSA) is 92.0 Å². The number of halogens is 3. The van der Waals surface area contributed by atoms with Gasteiger partial charge in [0, 0.05) is 42.4 Å². The standard InChI is InChI=1S/C26H27F3N2O5/c1-25(2,3)36-24(34)30-14-18-11-17-10-16(13-21(32)22(17)35-18)19-5-4-15(12-20(19)27)23(33)31-8-6-26(28,29)7-9-31/h4-5,10-13,32H,6-9,14H2,1-3H3,(H,30,34). The molecule has 2 amide bonds. The predicted molar refractivity (Wildman–Crippen MR) is 126 cm³/mol. The first kappa shape index (κ1) is 25.4. The van der Waals surface area contributed by atoms with Gasteiger partial charge in [-0.15, -0.1) is 0 Å². The second-order valence-electron chi connectivity index (χ2n) is 9.82. The molecule has 0 radical (unpaired) electrons. The van der Waals surface area contributed by atoms with Crippen LogP contribution in [-0.4, -0.2) is 46.6 Å². The lowest BCUT2D eigenvalue weighted by Gasteiger charge is -2.31. The number of ether oxygens (including phenoxy) is 1.